The highest BCUT2D eigenvalue weighted by Gasteiger charge is 2.24. The first kappa shape index (κ1) is 21.0. The highest BCUT2D eigenvalue weighted by atomic mass is 16.6. The fourth-order valence-electron chi connectivity index (χ4n) is 2.70. The van der Waals surface area contributed by atoms with Gasteiger partial charge in [0.05, 0.1) is 17.6 Å². The van der Waals surface area contributed by atoms with Gasteiger partial charge >= 0.3 is 0 Å². The molecular weight excluding hydrogens is 392 g/mol. The summed E-state index contributed by atoms with van der Waals surface area (Å²) in [6.07, 6.45) is 0.307. The minimum atomic E-state index is -1.26. The molecule has 2 aromatic carbocycles. The van der Waals surface area contributed by atoms with E-state index >= 15 is 0 Å². The van der Waals surface area contributed by atoms with Crippen molar-refractivity contribution in [2.75, 3.05) is 6.61 Å². The van der Waals surface area contributed by atoms with Crippen LogP contribution in [0, 0.1) is 10.1 Å². The summed E-state index contributed by atoms with van der Waals surface area (Å²) in [4.78, 5) is 22.6. The summed E-state index contributed by atoms with van der Waals surface area (Å²) in [5.74, 6) is 0.0686. The minimum absolute atomic E-state index is 0.0843. The first-order valence-corrected chi connectivity index (χ1v) is 9.03. The molecule has 3 aromatic rings. The number of aromatic nitrogens is 2. The van der Waals surface area contributed by atoms with Crippen molar-refractivity contribution in [3.63, 3.8) is 0 Å². The number of benzene rings is 2. The van der Waals surface area contributed by atoms with Crippen LogP contribution < -0.4 is 10.1 Å². The number of carbonyl (C=O) groups excluding carboxylic acids is 1. The van der Waals surface area contributed by atoms with Gasteiger partial charge in [-0.25, -0.2) is 4.68 Å². The van der Waals surface area contributed by atoms with Crippen LogP contribution in [0.3, 0.4) is 0 Å². The van der Waals surface area contributed by atoms with Crippen molar-refractivity contribution in [1.29, 1.82) is 0 Å². The quantitative estimate of drug-likeness (QED) is 0.359. The lowest BCUT2D eigenvalue weighted by Gasteiger charge is -2.22. The molecule has 1 amide bonds. The molecule has 0 fully saturated rings. The molecule has 0 aliphatic carbocycles. The van der Waals surface area contributed by atoms with Gasteiger partial charge in [0.2, 0.25) is 0 Å². The fourth-order valence-corrected chi connectivity index (χ4v) is 2.70. The summed E-state index contributed by atoms with van der Waals surface area (Å²) >= 11 is 0. The number of rotatable bonds is 9. The van der Waals surface area contributed by atoms with E-state index in [9.17, 15) is 25.1 Å². The zero-order valence-electron chi connectivity index (χ0n) is 15.8. The molecule has 1 aromatic heterocycles. The standard InChI is InChI=1S/C20H20N4O6/c25-12-18(19(26)14-6-8-15(9-7-14)24(28)29)21-20(27)17-10-11-23(22-17)13-30-16-4-2-1-3-5-16/h1-11,18-19,25-26H,12-13H2,(H,21,27). The zero-order valence-corrected chi connectivity index (χ0v) is 15.8. The first-order valence-electron chi connectivity index (χ1n) is 9.03. The van der Waals surface area contributed by atoms with Gasteiger partial charge in [-0.15, -0.1) is 0 Å². The van der Waals surface area contributed by atoms with Gasteiger partial charge in [0.15, 0.2) is 6.73 Å². The molecule has 0 spiro atoms. The number of amides is 1. The van der Waals surface area contributed by atoms with Crippen molar-refractivity contribution < 1.29 is 24.7 Å². The lowest BCUT2D eigenvalue weighted by molar-refractivity contribution is -0.384. The summed E-state index contributed by atoms with van der Waals surface area (Å²) in [6.45, 7) is -0.437. The third-order valence-electron chi connectivity index (χ3n) is 4.32. The van der Waals surface area contributed by atoms with E-state index in [2.05, 4.69) is 10.4 Å². The maximum absolute atomic E-state index is 12.4. The normalized spacial score (nSPS) is 12.7. The average molecular weight is 412 g/mol. The Hall–Kier alpha value is -3.76. The number of nitrogens with zero attached hydrogens (tertiary/aromatic N) is 3. The molecule has 10 heteroatoms. The zero-order chi connectivity index (χ0) is 21.5. The van der Waals surface area contributed by atoms with E-state index in [0.29, 0.717) is 11.3 Å². The number of aliphatic hydroxyl groups is 2. The van der Waals surface area contributed by atoms with Crippen molar-refractivity contribution >= 4 is 11.6 Å². The average Bonchev–Trinajstić information content (AvgIpc) is 3.25. The Balaban J connectivity index is 1.60. The molecule has 2 unspecified atom stereocenters. The van der Waals surface area contributed by atoms with Crippen molar-refractivity contribution in [1.82, 2.24) is 15.1 Å². The number of ether oxygens (including phenoxy) is 1. The Morgan fingerprint density at radius 1 is 1.17 bits per heavy atom. The summed E-state index contributed by atoms with van der Waals surface area (Å²) in [7, 11) is 0. The van der Waals surface area contributed by atoms with Crippen LogP contribution in [0.25, 0.3) is 0 Å². The molecule has 3 N–H and O–H groups in total. The van der Waals surface area contributed by atoms with Crippen molar-refractivity contribution in [2.45, 2.75) is 18.9 Å². The van der Waals surface area contributed by atoms with Crippen LogP contribution in [0.1, 0.15) is 22.2 Å². The molecule has 156 valence electrons. The number of non-ortho nitro benzene ring substituents is 1. The number of carbonyl (C=O) groups is 1. The number of nitro benzene ring substituents is 1. The van der Waals surface area contributed by atoms with Gasteiger partial charge in [0, 0.05) is 18.3 Å². The lowest BCUT2D eigenvalue weighted by atomic mass is 10.0. The van der Waals surface area contributed by atoms with E-state index < -0.39 is 29.6 Å². The van der Waals surface area contributed by atoms with Crippen LogP contribution >= 0.6 is 0 Å². The Morgan fingerprint density at radius 2 is 1.87 bits per heavy atom. The summed E-state index contributed by atoms with van der Waals surface area (Å²) < 4.78 is 6.98. The maximum atomic E-state index is 12.4. The molecule has 0 aliphatic rings. The smallest absolute Gasteiger partial charge is 0.272 e. The number of aliphatic hydroxyl groups excluding tert-OH is 2. The van der Waals surface area contributed by atoms with Gasteiger partial charge in [-0.1, -0.05) is 18.2 Å². The second-order valence-electron chi connectivity index (χ2n) is 6.38. The fraction of sp³-hybridized carbons (Fsp3) is 0.200. The molecule has 0 saturated carbocycles. The number of hydrogen-bond donors (Lipinski definition) is 3. The number of nitro groups is 1. The van der Waals surface area contributed by atoms with Gasteiger partial charge in [-0.05, 0) is 35.9 Å². The molecule has 30 heavy (non-hydrogen) atoms. The highest BCUT2D eigenvalue weighted by Crippen LogP contribution is 2.20. The van der Waals surface area contributed by atoms with E-state index in [1.165, 1.54) is 35.0 Å². The van der Waals surface area contributed by atoms with E-state index in [4.69, 9.17) is 4.74 Å². The summed E-state index contributed by atoms with van der Waals surface area (Å²) in [5, 5.41) is 37.4. The molecule has 0 radical (unpaired) electrons. The Labute approximate surface area is 171 Å². The second-order valence-corrected chi connectivity index (χ2v) is 6.38. The van der Waals surface area contributed by atoms with E-state index in [0.717, 1.165) is 0 Å². The number of para-hydroxylation sites is 1. The maximum Gasteiger partial charge on any atom is 0.272 e. The number of nitrogens with one attached hydrogen (secondary N) is 1. The van der Waals surface area contributed by atoms with Crippen LogP contribution in [-0.2, 0) is 6.73 Å². The highest BCUT2D eigenvalue weighted by molar-refractivity contribution is 5.92. The SMILES string of the molecule is O=C(NC(CO)C(O)c1ccc([N+](=O)[O-])cc1)c1ccn(COc2ccccc2)n1. The van der Waals surface area contributed by atoms with Crippen LogP contribution in [0.4, 0.5) is 5.69 Å². The van der Waals surface area contributed by atoms with Gasteiger partial charge in [-0.3, -0.25) is 14.9 Å². The van der Waals surface area contributed by atoms with Crippen molar-refractivity contribution in [3.05, 3.63) is 88.2 Å². The Bertz CT molecular complexity index is 990. The minimum Gasteiger partial charge on any atom is -0.471 e. The Morgan fingerprint density at radius 3 is 2.50 bits per heavy atom. The third-order valence-corrected chi connectivity index (χ3v) is 4.32. The lowest BCUT2D eigenvalue weighted by Crippen LogP contribution is -2.42. The summed E-state index contributed by atoms with van der Waals surface area (Å²) in [6, 6.07) is 14.8. The van der Waals surface area contributed by atoms with Crippen LogP contribution in [0.2, 0.25) is 0 Å². The monoisotopic (exact) mass is 412 g/mol. The van der Waals surface area contributed by atoms with Gasteiger partial charge in [0.25, 0.3) is 11.6 Å². The predicted octanol–water partition coefficient (Wildman–Crippen LogP) is 1.65. The molecular formula is C20H20N4O6. The second kappa shape index (κ2) is 9.63. The molecule has 0 aliphatic heterocycles. The van der Waals surface area contributed by atoms with Gasteiger partial charge < -0.3 is 20.3 Å². The molecule has 3 rings (SSSR count). The van der Waals surface area contributed by atoms with Crippen LogP contribution in [0.5, 0.6) is 5.75 Å². The van der Waals surface area contributed by atoms with Crippen LogP contribution in [0.15, 0.2) is 66.9 Å². The predicted molar refractivity (Wildman–Crippen MR) is 106 cm³/mol. The van der Waals surface area contributed by atoms with Crippen LogP contribution in [-0.4, -0.2) is 43.5 Å². The number of hydrogen-bond acceptors (Lipinski definition) is 7. The van der Waals surface area contributed by atoms with E-state index in [1.807, 2.05) is 18.2 Å². The molecule has 2 atom stereocenters. The Kier molecular flexibility index (Phi) is 6.73. The van der Waals surface area contributed by atoms with E-state index in [1.54, 1.807) is 18.3 Å². The molecule has 10 nitrogen and oxygen atoms in total. The topological polar surface area (TPSA) is 140 Å². The first-order chi connectivity index (χ1) is 14.5. The molecule has 1 heterocycles. The molecule has 0 saturated heterocycles. The molecule has 0 bridgehead atoms. The van der Waals surface area contributed by atoms with Crippen molar-refractivity contribution in [3.8, 4) is 5.75 Å². The van der Waals surface area contributed by atoms with Crippen molar-refractivity contribution in [2.24, 2.45) is 0 Å². The van der Waals surface area contributed by atoms with E-state index in [-0.39, 0.29) is 18.1 Å². The largest absolute Gasteiger partial charge is 0.471 e. The third kappa shape index (κ3) is 5.19. The van der Waals surface area contributed by atoms with Gasteiger partial charge in [-0.2, -0.15) is 5.10 Å². The summed E-state index contributed by atoms with van der Waals surface area (Å²) in [5.41, 5.74) is 0.279. The van der Waals surface area contributed by atoms with Gasteiger partial charge in [0.1, 0.15) is 17.5 Å².